The molecule has 6 aliphatic rings. The second kappa shape index (κ2) is 13.0. The molecule has 0 saturated heterocycles. The van der Waals surface area contributed by atoms with Crippen molar-refractivity contribution in [1.29, 1.82) is 0 Å². The van der Waals surface area contributed by atoms with Crippen LogP contribution in [0.4, 0.5) is 34.3 Å². The summed E-state index contributed by atoms with van der Waals surface area (Å²) in [4.78, 5) is 5.22. The van der Waals surface area contributed by atoms with Gasteiger partial charge in [0.15, 0.2) is 11.4 Å². The van der Waals surface area contributed by atoms with Crippen molar-refractivity contribution in [3.63, 3.8) is 0 Å². The summed E-state index contributed by atoms with van der Waals surface area (Å²) in [5, 5.41) is 0. The molecule has 5 nitrogen and oxygen atoms in total. The number of aromatic nitrogens is 2. The van der Waals surface area contributed by atoms with Crippen molar-refractivity contribution < 1.29 is 13.9 Å². The Morgan fingerprint density at radius 3 is 1.40 bits per heavy atom. The highest BCUT2D eigenvalue weighted by Crippen LogP contribution is 2.69. The molecule has 10 aromatic rings. The van der Waals surface area contributed by atoms with E-state index in [1.807, 2.05) is 0 Å². The summed E-state index contributed by atoms with van der Waals surface area (Å²) in [5.74, 6) is 2.83. The predicted octanol–water partition coefficient (Wildman–Crippen LogP) is 15.2. The van der Waals surface area contributed by atoms with Crippen molar-refractivity contribution in [2.45, 2.75) is 44.2 Å². The molecule has 1 atom stereocenters. The van der Waals surface area contributed by atoms with E-state index < -0.39 is 5.66 Å². The Bertz CT molecular complexity index is 3970. The lowest BCUT2D eigenvalue weighted by atomic mass is 9.64. The molecule has 0 bridgehead atoms. The molecule has 0 amide bonds. The second-order valence-electron chi connectivity index (χ2n) is 20.9. The van der Waals surface area contributed by atoms with Crippen molar-refractivity contribution in [3.8, 4) is 67.5 Å². The van der Waals surface area contributed by atoms with Crippen LogP contribution < -0.4 is 23.7 Å². The van der Waals surface area contributed by atoms with Gasteiger partial charge in [-0.3, -0.25) is 0 Å². The van der Waals surface area contributed by atoms with Crippen LogP contribution in [-0.4, -0.2) is 0 Å². The standard InChI is InChI=1S/C65H46N4O/c1-63(2)47-20-11-13-22-51(47)66-53-24-15-25-56-59(53)65-60-61(66)49(63)38-50-62(60)67(52-23-14-12-21-48(52)64(50,3)4)57-36-45(43-30-26-41(27-31-43)39-16-7-5-8-17-39)34-54(68(57)65)55-35-46(37-58(70-56)69(55)65)44-32-28-42(29-33-44)40-18-9-6-10-19-40/h5-38H,1-4H3/q+2. The molecule has 70 heavy (non-hydrogen) atoms. The fourth-order valence-corrected chi connectivity index (χ4v) is 13.5. The minimum absolute atomic E-state index is 0.309. The summed E-state index contributed by atoms with van der Waals surface area (Å²) in [6.07, 6.45) is 0. The summed E-state index contributed by atoms with van der Waals surface area (Å²) in [5.41, 5.74) is 24.1. The van der Waals surface area contributed by atoms with Gasteiger partial charge in [-0.05, 0) is 86.0 Å². The highest BCUT2D eigenvalue weighted by molar-refractivity contribution is 6.01. The maximum absolute atomic E-state index is 7.42. The molecule has 5 heteroatoms. The van der Waals surface area contributed by atoms with Crippen LogP contribution >= 0.6 is 0 Å². The number of ether oxygens (including phenoxy) is 1. The third-order valence-electron chi connectivity index (χ3n) is 16.7. The van der Waals surface area contributed by atoms with Crippen molar-refractivity contribution in [2.24, 2.45) is 0 Å². The Morgan fingerprint density at radius 2 is 0.814 bits per heavy atom. The Kier molecular flexibility index (Phi) is 7.11. The first-order chi connectivity index (χ1) is 34.2. The third-order valence-corrected chi connectivity index (χ3v) is 16.7. The Labute approximate surface area is 407 Å². The fraction of sp³-hybridized carbons (Fsp3) is 0.108. The zero-order valence-corrected chi connectivity index (χ0v) is 39.3. The first kappa shape index (κ1) is 38.4. The molecule has 6 aliphatic heterocycles. The largest absolute Gasteiger partial charge is 0.404 e. The Hall–Kier alpha value is -8.54. The molecule has 1 unspecified atom stereocenters. The summed E-state index contributed by atoms with van der Waals surface area (Å²) in [7, 11) is 0. The van der Waals surface area contributed by atoms with E-state index in [1.54, 1.807) is 0 Å². The molecule has 0 aliphatic carbocycles. The van der Waals surface area contributed by atoms with Crippen LogP contribution in [0.2, 0.25) is 0 Å². The van der Waals surface area contributed by atoms with Crippen LogP contribution in [0, 0.1) is 0 Å². The summed E-state index contributed by atoms with van der Waals surface area (Å²) < 4.78 is 12.7. The molecular weight excluding hydrogens is 853 g/mol. The van der Waals surface area contributed by atoms with E-state index in [0.717, 1.165) is 56.8 Å². The van der Waals surface area contributed by atoms with Crippen LogP contribution in [0.25, 0.3) is 55.9 Å². The smallest absolute Gasteiger partial charge is 0.379 e. The van der Waals surface area contributed by atoms with Gasteiger partial charge < -0.3 is 9.64 Å². The molecule has 2 aromatic heterocycles. The number of anilines is 6. The molecule has 1 spiro atoms. The molecule has 0 saturated carbocycles. The van der Waals surface area contributed by atoms with E-state index in [-0.39, 0.29) is 10.8 Å². The normalized spacial score (nSPS) is 17.5. The van der Waals surface area contributed by atoms with Crippen LogP contribution in [0.3, 0.4) is 0 Å². The van der Waals surface area contributed by atoms with E-state index in [9.17, 15) is 0 Å². The van der Waals surface area contributed by atoms with E-state index in [0.29, 0.717) is 0 Å². The van der Waals surface area contributed by atoms with E-state index in [4.69, 9.17) is 4.74 Å². The zero-order chi connectivity index (χ0) is 46.4. The summed E-state index contributed by atoms with van der Waals surface area (Å²) >= 11 is 0. The average Bonchev–Trinajstić information content (AvgIpc) is 3.70. The number of rotatable bonds is 4. The van der Waals surface area contributed by atoms with Gasteiger partial charge >= 0.3 is 11.5 Å². The van der Waals surface area contributed by atoms with E-state index in [1.165, 1.54) is 78.4 Å². The topological polar surface area (TPSA) is 23.5 Å². The number of fused-ring (bicyclic) bond motifs is 7. The van der Waals surface area contributed by atoms with Crippen molar-refractivity contribution in [1.82, 2.24) is 0 Å². The van der Waals surface area contributed by atoms with E-state index in [2.05, 4.69) is 253 Å². The third kappa shape index (κ3) is 4.54. The number of pyridine rings is 2. The van der Waals surface area contributed by atoms with Crippen molar-refractivity contribution in [3.05, 3.63) is 240 Å². The predicted molar refractivity (Wildman–Crippen MR) is 279 cm³/mol. The molecule has 16 rings (SSSR count). The lowest BCUT2D eigenvalue weighted by molar-refractivity contribution is -0.936. The fourth-order valence-electron chi connectivity index (χ4n) is 13.5. The molecule has 0 radical (unpaired) electrons. The first-order valence-electron chi connectivity index (χ1n) is 24.6. The van der Waals surface area contributed by atoms with Gasteiger partial charge in [0.1, 0.15) is 16.8 Å². The molecule has 8 aromatic carbocycles. The van der Waals surface area contributed by atoms with Gasteiger partial charge in [0.25, 0.3) is 11.5 Å². The van der Waals surface area contributed by atoms with Gasteiger partial charge in [0.05, 0.1) is 23.1 Å². The highest BCUT2D eigenvalue weighted by atomic mass is 16.5. The van der Waals surface area contributed by atoms with Crippen molar-refractivity contribution in [2.75, 3.05) is 9.80 Å². The number of hydrogen-bond acceptors (Lipinski definition) is 3. The number of hydrogen-bond donors (Lipinski definition) is 0. The minimum atomic E-state index is -0.835. The van der Waals surface area contributed by atoms with Gasteiger partial charge in [-0.1, -0.05) is 179 Å². The average molecular weight is 899 g/mol. The van der Waals surface area contributed by atoms with Gasteiger partial charge in [-0.25, -0.2) is 0 Å². The quantitative estimate of drug-likeness (QED) is 0.164. The maximum atomic E-state index is 7.42. The molecular formula is C65H46N4O+2. The van der Waals surface area contributed by atoms with Gasteiger partial charge in [-0.15, -0.1) is 9.13 Å². The molecule has 0 fully saturated rings. The van der Waals surface area contributed by atoms with Gasteiger partial charge in [-0.2, -0.15) is 4.90 Å². The monoisotopic (exact) mass is 898 g/mol. The minimum Gasteiger partial charge on any atom is -0.404 e. The van der Waals surface area contributed by atoms with Gasteiger partial charge in [0.2, 0.25) is 5.69 Å². The lowest BCUT2D eigenvalue weighted by Crippen LogP contribution is -2.76. The Balaban J connectivity index is 1.06. The number of benzene rings is 8. The molecule has 8 heterocycles. The lowest BCUT2D eigenvalue weighted by Gasteiger charge is -2.52. The molecule has 330 valence electrons. The van der Waals surface area contributed by atoms with Crippen LogP contribution in [0.1, 0.15) is 61.1 Å². The highest BCUT2D eigenvalue weighted by Gasteiger charge is 2.75. The Morgan fingerprint density at radius 1 is 0.357 bits per heavy atom. The second-order valence-corrected chi connectivity index (χ2v) is 20.9. The zero-order valence-electron chi connectivity index (χ0n) is 39.3. The van der Waals surface area contributed by atoms with E-state index >= 15 is 0 Å². The van der Waals surface area contributed by atoms with Crippen LogP contribution in [-0.2, 0) is 16.5 Å². The molecule has 0 N–H and O–H groups in total. The first-order valence-corrected chi connectivity index (χ1v) is 24.6. The van der Waals surface area contributed by atoms with Gasteiger partial charge in [0, 0.05) is 40.2 Å². The van der Waals surface area contributed by atoms with Crippen LogP contribution in [0.5, 0.6) is 11.6 Å². The van der Waals surface area contributed by atoms with Crippen molar-refractivity contribution >= 4 is 34.3 Å². The maximum Gasteiger partial charge on any atom is 0.379 e. The number of para-hydroxylation sites is 2. The number of nitrogens with zero attached hydrogens (tertiary/aromatic N) is 4. The van der Waals surface area contributed by atoms with Crippen LogP contribution in [0.15, 0.2) is 206 Å². The summed E-state index contributed by atoms with van der Waals surface area (Å²) in [6.45, 7) is 9.75. The SMILES string of the molecule is CC1(C)c2ccccc2N2c3cccc4c3C35c6c2c1cc1c6N(c2ccccc2C1(C)C)c1cc(-c2ccc(-c6ccccc6)cc2)cc([n+]13)-c1cc(-c2ccc(-c3ccccc3)cc2)cc([n+]15)O4. The summed E-state index contributed by atoms with van der Waals surface area (Å²) in [6, 6.07) is 76.7.